The van der Waals surface area contributed by atoms with Gasteiger partial charge in [-0.3, -0.25) is 0 Å². The first-order chi connectivity index (χ1) is 37.5. The fourth-order valence-electron chi connectivity index (χ4n) is 8.59. The van der Waals surface area contributed by atoms with Gasteiger partial charge in [-0.15, -0.1) is 0 Å². The molecular formula is C61H58O17. The van der Waals surface area contributed by atoms with Crippen LogP contribution < -0.4 is 14.2 Å². The summed E-state index contributed by atoms with van der Waals surface area (Å²) in [6, 6.07) is 37.6. The second-order valence-electron chi connectivity index (χ2n) is 18.6. The number of phenolic OH excluding ortho intramolecular Hbond substituents is 4. The molecule has 0 aromatic heterocycles. The first kappa shape index (κ1) is 55.2. The van der Waals surface area contributed by atoms with Crippen LogP contribution in [0.15, 0.2) is 140 Å². The van der Waals surface area contributed by atoms with Crippen molar-refractivity contribution in [2.75, 3.05) is 13.7 Å². The largest absolute Gasteiger partial charge is 0.504 e. The zero-order chi connectivity index (χ0) is 55.6. The van der Waals surface area contributed by atoms with Crippen LogP contribution in [0.1, 0.15) is 85.9 Å². The van der Waals surface area contributed by atoms with Gasteiger partial charge in [0, 0.05) is 7.11 Å². The lowest BCUT2D eigenvalue weighted by atomic mass is 9.97. The Bertz CT molecular complexity index is 3220. The molecule has 5 atom stereocenters. The van der Waals surface area contributed by atoms with Crippen LogP contribution in [-0.4, -0.2) is 88.7 Å². The molecule has 2 unspecified atom stereocenters. The van der Waals surface area contributed by atoms with Gasteiger partial charge in [-0.2, -0.15) is 0 Å². The van der Waals surface area contributed by atoms with E-state index in [1.54, 1.807) is 73.7 Å². The van der Waals surface area contributed by atoms with Gasteiger partial charge in [0.1, 0.15) is 38.3 Å². The molecule has 4 N–H and O–H groups in total. The van der Waals surface area contributed by atoms with Gasteiger partial charge < -0.3 is 63.1 Å². The zero-order valence-electron chi connectivity index (χ0n) is 43.6. The summed E-state index contributed by atoms with van der Waals surface area (Å²) in [4.78, 5) is 57.3. The molecule has 0 amide bonds. The Morgan fingerprint density at radius 2 is 0.821 bits per heavy atom. The molecule has 1 saturated heterocycles. The van der Waals surface area contributed by atoms with Crippen LogP contribution in [0, 0.1) is 34.6 Å². The second-order valence-corrected chi connectivity index (χ2v) is 18.6. The second kappa shape index (κ2) is 24.7. The van der Waals surface area contributed by atoms with Gasteiger partial charge in [0.25, 0.3) is 0 Å². The average Bonchev–Trinajstić information content (AvgIpc) is 3.55. The van der Waals surface area contributed by atoms with Crippen molar-refractivity contribution in [3.63, 3.8) is 0 Å². The van der Waals surface area contributed by atoms with E-state index < -0.39 is 89.8 Å². The molecule has 404 valence electrons. The Kier molecular flexibility index (Phi) is 17.5. The third-order valence-corrected chi connectivity index (χ3v) is 13.2. The van der Waals surface area contributed by atoms with Crippen molar-refractivity contribution in [2.45, 2.75) is 85.1 Å². The summed E-state index contributed by atoms with van der Waals surface area (Å²) in [6.07, 6.45) is -8.62. The fourth-order valence-corrected chi connectivity index (χ4v) is 8.59. The normalized spacial score (nSPS) is 16.8. The maximum Gasteiger partial charge on any atom is 0.338 e. The van der Waals surface area contributed by atoms with E-state index in [1.165, 1.54) is 13.2 Å². The standard InChI is InChI=1S/C61H58O17/c1-34-22-42(23-35(2)37(34)4)58(67)77-55-54(76-60(69)45-27-48(64)53(49(65)28-45)73-32-41-20-14-9-15-21-41)51(33-74-57(66)44-25-46(62)52(47(63)26-44)72-31-40-18-12-8-13-19-40)75-61(70-6)56(55)78-59(68)43-24-36(3)38(5)50(29-43)71-30-39-16-10-7-11-17-39/h7-29,51,54-56,61-65H,30-33H2,1-6H3/t51?,54-,55+,56?,61-/m1/s1. The predicted octanol–water partition coefficient (Wildman–Crippen LogP) is 9.99. The highest BCUT2D eigenvalue weighted by Crippen LogP contribution is 2.40. The lowest BCUT2D eigenvalue weighted by molar-refractivity contribution is -0.291. The topological polar surface area (TPSA) is 232 Å². The first-order valence-corrected chi connectivity index (χ1v) is 24.8. The molecule has 0 spiro atoms. The predicted molar refractivity (Wildman–Crippen MR) is 282 cm³/mol. The molecule has 0 saturated carbocycles. The highest BCUT2D eigenvalue weighted by Gasteiger charge is 2.53. The molecule has 0 radical (unpaired) electrons. The van der Waals surface area contributed by atoms with Crippen LogP contribution in [0.3, 0.4) is 0 Å². The summed E-state index contributed by atoms with van der Waals surface area (Å²) < 4.78 is 53.9. The molecule has 8 rings (SSSR count). The quantitative estimate of drug-likeness (QED) is 0.0436. The maximum atomic E-state index is 14.5. The van der Waals surface area contributed by atoms with E-state index in [4.69, 9.17) is 42.6 Å². The minimum atomic E-state index is -1.84. The summed E-state index contributed by atoms with van der Waals surface area (Å²) in [5.74, 6) is -6.91. The molecule has 1 aliphatic rings. The van der Waals surface area contributed by atoms with Gasteiger partial charge in [0.05, 0.1) is 22.3 Å². The van der Waals surface area contributed by atoms with E-state index in [9.17, 15) is 39.6 Å². The lowest BCUT2D eigenvalue weighted by Crippen LogP contribution is -2.63. The van der Waals surface area contributed by atoms with Crippen molar-refractivity contribution in [2.24, 2.45) is 0 Å². The molecule has 0 bridgehead atoms. The summed E-state index contributed by atoms with van der Waals surface area (Å²) in [5.41, 5.74) is 5.56. The maximum absolute atomic E-state index is 14.5. The van der Waals surface area contributed by atoms with Crippen LogP contribution in [-0.2, 0) is 48.2 Å². The first-order valence-electron chi connectivity index (χ1n) is 24.8. The van der Waals surface area contributed by atoms with Crippen molar-refractivity contribution in [1.82, 2.24) is 0 Å². The number of aryl methyl sites for hydroxylation is 3. The molecule has 17 heteroatoms. The minimum Gasteiger partial charge on any atom is -0.504 e. The number of ether oxygens (including phenoxy) is 9. The lowest BCUT2D eigenvalue weighted by Gasteiger charge is -2.44. The van der Waals surface area contributed by atoms with Crippen LogP contribution in [0.2, 0.25) is 0 Å². The monoisotopic (exact) mass is 1060 g/mol. The molecule has 17 nitrogen and oxygen atoms in total. The Morgan fingerprint density at radius 3 is 1.27 bits per heavy atom. The number of methoxy groups -OCH3 is 1. The Morgan fingerprint density at radius 1 is 0.449 bits per heavy atom. The summed E-state index contributed by atoms with van der Waals surface area (Å²) in [5, 5.41) is 44.0. The Labute approximate surface area is 450 Å². The van der Waals surface area contributed by atoms with Gasteiger partial charge >= 0.3 is 23.9 Å². The third-order valence-electron chi connectivity index (χ3n) is 13.2. The van der Waals surface area contributed by atoms with E-state index in [-0.39, 0.29) is 48.0 Å². The fraction of sp³-hybridized carbons (Fsp3) is 0.246. The van der Waals surface area contributed by atoms with Crippen LogP contribution in [0.4, 0.5) is 0 Å². The van der Waals surface area contributed by atoms with E-state index >= 15 is 0 Å². The molecule has 1 aliphatic heterocycles. The van der Waals surface area contributed by atoms with Gasteiger partial charge in [0.15, 0.2) is 47.6 Å². The number of phenols is 4. The third kappa shape index (κ3) is 13.1. The van der Waals surface area contributed by atoms with Crippen LogP contribution in [0.5, 0.6) is 40.2 Å². The van der Waals surface area contributed by atoms with E-state index in [0.29, 0.717) is 11.3 Å². The number of carbonyl (C=O) groups excluding carboxylic acids is 4. The summed E-state index contributed by atoms with van der Waals surface area (Å²) >= 11 is 0. The average molecular weight is 1060 g/mol. The molecule has 1 heterocycles. The smallest absolute Gasteiger partial charge is 0.338 e. The van der Waals surface area contributed by atoms with Crippen molar-refractivity contribution < 1.29 is 82.2 Å². The minimum absolute atomic E-state index is 0.0169. The molecule has 78 heavy (non-hydrogen) atoms. The van der Waals surface area contributed by atoms with E-state index in [1.807, 2.05) is 70.2 Å². The molecule has 7 aromatic carbocycles. The zero-order valence-corrected chi connectivity index (χ0v) is 43.6. The van der Waals surface area contributed by atoms with E-state index in [2.05, 4.69) is 0 Å². The summed E-state index contributed by atoms with van der Waals surface area (Å²) in [7, 11) is 1.22. The number of aromatic hydroxyl groups is 4. The van der Waals surface area contributed by atoms with Crippen molar-refractivity contribution >= 4 is 23.9 Å². The highest BCUT2D eigenvalue weighted by molar-refractivity contribution is 5.93. The number of carbonyl (C=O) groups is 4. The van der Waals surface area contributed by atoms with Crippen molar-refractivity contribution in [1.29, 1.82) is 0 Å². The van der Waals surface area contributed by atoms with Gasteiger partial charge in [-0.1, -0.05) is 91.0 Å². The number of hydrogen-bond acceptors (Lipinski definition) is 17. The van der Waals surface area contributed by atoms with E-state index in [0.717, 1.165) is 63.2 Å². The van der Waals surface area contributed by atoms with Crippen LogP contribution >= 0.6 is 0 Å². The summed E-state index contributed by atoms with van der Waals surface area (Å²) in [6.45, 7) is 8.46. The van der Waals surface area contributed by atoms with Crippen LogP contribution in [0.25, 0.3) is 0 Å². The van der Waals surface area contributed by atoms with Gasteiger partial charge in [-0.25, -0.2) is 19.2 Å². The Hall–Kier alpha value is -9.06. The number of rotatable bonds is 19. The van der Waals surface area contributed by atoms with Gasteiger partial charge in [0.2, 0.25) is 11.5 Å². The number of esters is 4. The molecule has 0 aliphatic carbocycles. The Balaban J connectivity index is 1.14. The molecular weight excluding hydrogens is 1000 g/mol. The van der Waals surface area contributed by atoms with Crippen molar-refractivity contribution in [3.8, 4) is 40.2 Å². The molecule has 7 aromatic rings. The number of benzene rings is 7. The number of hydrogen-bond donors (Lipinski definition) is 4. The van der Waals surface area contributed by atoms with Gasteiger partial charge in [-0.05, 0) is 128 Å². The van der Waals surface area contributed by atoms with Crippen molar-refractivity contribution in [3.05, 3.63) is 206 Å². The highest BCUT2D eigenvalue weighted by atomic mass is 16.7. The molecule has 1 fully saturated rings. The SMILES string of the molecule is CO[C@@H]1OC(COC(=O)c2cc(O)c(OCc3ccccc3)c(O)c2)[C@@H](OC(=O)c2cc(O)c(OCc3ccccc3)c(O)c2)[C@H](OC(=O)c2cc(C)c(C)c(C)c2)C1OC(=O)c1cc(C)c(C)c(OCc2ccccc2)c1.